The average molecular weight is 389 g/mol. The highest BCUT2D eigenvalue weighted by Gasteiger charge is 2.31. The summed E-state index contributed by atoms with van der Waals surface area (Å²) in [6.45, 7) is 18.2. The molecule has 0 atom stereocenters. The maximum Gasteiger partial charge on any atom is 0.335 e. The molecule has 0 unspecified atom stereocenters. The summed E-state index contributed by atoms with van der Waals surface area (Å²) in [7, 11) is 0. The van der Waals surface area contributed by atoms with Crippen molar-refractivity contribution in [1.82, 2.24) is 0 Å². The van der Waals surface area contributed by atoms with Crippen molar-refractivity contribution in [2.75, 3.05) is 0 Å². The lowest BCUT2D eigenvalue weighted by molar-refractivity contribution is -0.129. The Morgan fingerprint density at radius 2 is 1.61 bits per heavy atom. The fourth-order valence-electron chi connectivity index (χ4n) is 3.64. The van der Waals surface area contributed by atoms with Gasteiger partial charge in [0.05, 0.1) is 0 Å². The van der Waals surface area contributed by atoms with Crippen LogP contribution in [-0.4, -0.2) is 11.1 Å². The second-order valence-electron chi connectivity index (χ2n) is 9.77. The molecule has 0 bridgehead atoms. The highest BCUT2D eigenvalue weighted by molar-refractivity contribution is 5.84. The molecule has 0 aliphatic heterocycles. The van der Waals surface area contributed by atoms with Crippen molar-refractivity contribution in [3.05, 3.63) is 35.4 Å². The van der Waals surface area contributed by atoms with Gasteiger partial charge >= 0.3 is 5.97 Å². The monoisotopic (exact) mass is 388 g/mol. The Balaban J connectivity index is 3.39. The summed E-state index contributed by atoms with van der Waals surface area (Å²) < 4.78 is 5.65. The molecule has 0 fully saturated rings. The third kappa shape index (κ3) is 6.68. The molecule has 0 aromatic heterocycles. The largest absolute Gasteiger partial charge is 0.507 e. The molecule has 28 heavy (non-hydrogen) atoms. The first kappa shape index (κ1) is 24.3. The number of carbonyl (C=O) groups is 1. The van der Waals surface area contributed by atoms with Crippen LogP contribution in [0.1, 0.15) is 104 Å². The van der Waals surface area contributed by atoms with E-state index in [4.69, 9.17) is 4.74 Å². The summed E-state index contributed by atoms with van der Waals surface area (Å²) in [5, 5.41) is 11.2. The Bertz CT molecular complexity index is 673. The zero-order valence-electron chi connectivity index (χ0n) is 19.1. The third-order valence-electron chi connectivity index (χ3n) is 5.08. The van der Waals surface area contributed by atoms with Crippen LogP contribution in [0, 0.1) is 0 Å². The first-order valence-corrected chi connectivity index (χ1v) is 10.7. The van der Waals surface area contributed by atoms with E-state index in [1.807, 2.05) is 6.07 Å². The van der Waals surface area contributed by atoms with Crippen molar-refractivity contribution in [3.63, 3.8) is 0 Å². The normalized spacial score (nSPS) is 12.1. The van der Waals surface area contributed by atoms with E-state index in [9.17, 15) is 9.90 Å². The molecule has 0 aliphatic carbocycles. The molecule has 1 N–H and O–H groups in total. The minimum Gasteiger partial charge on any atom is -0.507 e. The van der Waals surface area contributed by atoms with E-state index in [0.29, 0.717) is 11.5 Å². The summed E-state index contributed by atoms with van der Waals surface area (Å²) in [4.78, 5) is 12.0. The Morgan fingerprint density at radius 1 is 1.04 bits per heavy atom. The first-order chi connectivity index (χ1) is 12.9. The molecule has 0 heterocycles. The zero-order chi connectivity index (χ0) is 21.5. The molecule has 1 aromatic rings. The van der Waals surface area contributed by atoms with Crippen LogP contribution in [-0.2, 0) is 22.0 Å². The number of carbonyl (C=O) groups excluding carboxylic acids is 1. The standard InChI is InChI=1S/C25H40O3/c1-9-11-12-13-14-15-16-18-20(28-21(26)10-2)17-19(24(3,4)5)23(27)22(18)25(6,7)8/h10,17,27H,2,9,11-16H2,1,3-8H3. The summed E-state index contributed by atoms with van der Waals surface area (Å²) in [6, 6.07) is 1.85. The van der Waals surface area contributed by atoms with E-state index >= 15 is 0 Å². The van der Waals surface area contributed by atoms with Gasteiger partial charge in [-0.3, -0.25) is 0 Å². The molecular weight excluding hydrogens is 348 g/mol. The fraction of sp³-hybridized carbons (Fsp3) is 0.640. The minimum absolute atomic E-state index is 0.266. The van der Waals surface area contributed by atoms with Crippen molar-refractivity contribution >= 4 is 5.97 Å². The van der Waals surface area contributed by atoms with Crippen LogP contribution in [0.2, 0.25) is 0 Å². The maximum atomic E-state index is 12.0. The van der Waals surface area contributed by atoms with Crippen LogP contribution >= 0.6 is 0 Å². The number of hydrogen-bond acceptors (Lipinski definition) is 3. The van der Waals surface area contributed by atoms with Crippen LogP contribution in [0.5, 0.6) is 11.5 Å². The molecule has 0 spiro atoms. The van der Waals surface area contributed by atoms with Crippen molar-refractivity contribution in [1.29, 1.82) is 0 Å². The zero-order valence-corrected chi connectivity index (χ0v) is 19.1. The lowest BCUT2D eigenvalue weighted by Crippen LogP contribution is -2.21. The molecule has 0 saturated heterocycles. The van der Waals surface area contributed by atoms with Gasteiger partial charge in [-0.25, -0.2) is 4.79 Å². The van der Waals surface area contributed by atoms with Crippen molar-refractivity contribution in [3.8, 4) is 11.5 Å². The molecule has 0 radical (unpaired) electrons. The van der Waals surface area contributed by atoms with E-state index in [1.165, 1.54) is 31.8 Å². The predicted octanol–water partition coefficient (Wildman–Crippen LogP) is 6.98. The van der Waals surface area contributed by atoms with Gasteiger partial charge in [0.1, 0.15) is 11.5 Å². The van der Waals surface area contributed by atoms with Crippen LogP contribution < -0.4 is 4.74 Å². The summed E-state index contributed by atoms with van der Waals surface area (Å²) in [6.07, 6.45) is 9.11. The lowest BCUT2D eigenvalue weighted by Gasteiger charge is -2.31. The number of ether oxygens (including phenoxy) is 1. The van der Waals surface area contributed by atoms with Gasteiger partial charge in [0.2, 0.25) is 0 Å². The van der Waals surface area contributed by atoms with Crippen molar-refractivity contribution in [2.24, 2.45) is 0 Å². The van der Waals surface area contributed by atoms with Gasteiger partial charge in [0.25, 0.3) is 0 Å². The van der Waals surface area contributed by atoms with Crippen molar-refractivity contribution in [2.45, 2.75) is 104 Å². The molecule has 0 amide bonds. The Labute approximate surface area is 172 Å². The van der Waals surface area contributed by atoms with E-state index in [-0.39, 0.29) is 10.8 Å². The first-order valence-electron chi connectivity index (χ1n) is 10.7. The van der Waals surface area contributed by atoms with E-state index in [2.05, 4.69) is 55.0 Å². The van der Waals surface area contributed by atoms with Crippen LogP contribution in [0.15, 0.2) is 18.7 Å². The molecule has 1 rings (SSSR count). The Kier molecular flexibility index (Phi) is 8.78. The molecule has 0 saturated carbocycles. The molecule has 3 heteroatoms. The molecule has 158 valence electrons. The van der Waals surface area contributed by atoms with Gasteiger partial charge in [0, 0.05) is 22.8 Å². The number of esters is 1. The highest BCUT2D eigenvalue weighted by atomic mass is 16.5. The third-order valence-corrected chi connectivity index (χ3v) is 5.08. The van der Waals surface area contributed by atoms with Gasteiger partial charge in [-0.15, -0.1) is 0 Å². The summed E-state index contributed by atoms with van der Waals surface area (Å²) in [5.41, 5.74) is 2.11. The second kappa shape index (κ2) is 10.1. The number of phenols is 1. The SMILES string of the molecule is C=CC(=O)Oc1cc(C(C)(C)C)c(O)c(C(C)(C)C)c1CCCCCCCC. The average Bonchev–Trinajstić information content (AvgIpc) is 2.57. The lowest BCUT2D eigenvalue weighted by atomic mass is 9.76. The Hall–Kier alpha value is -1.77. The predicted molar refractivity (Wildman–Crippen MR) is 118 cm³/mol. The van der Waals surface area contributed by atoms with Gasteiger partial charge in [-0.2, -0.15) is 0 Å². The minimum atomic E-state index is -0.463. The van der Waals surface area contributed by atoms with Gasteiger partial charge in [-0.05, 0) is 29.7 Å². The summed E-state index contributed by atoms with van der Waals surface area (Å²) in [5.74, 6) is 0.431. The highest BCUT2D eigenvalue weighted by Crippen LogP contribution is 2.45. The molecular formula is C25H40O3. The number of phenolic OH excluding ortho intramolecular Hbond substituents is 1. The smallest absolute Gasteiger partial charge is 0.335 e. The molecule has 0 aliphatic rings. The number of aromatic hydroxyl groups is 1. The van der Waals surface area contributed by atoms with Crippen LogP contribution in [0.4, 0.5) is 0 Å². The van der Waals surface area contributed by atoms with E-state index in [0.717, 1.165) is 36.0 Å². The van der Waals surface area contributed by atoms with Crippen LogP contribution in [0.3, 0.4) is 0 Å². The summed E-state index contributed by atoms with van der Waals surface area (Å²) >= 11 is 0. The Morgan fingerprint density at radius 3 is 2.11 bits per heavy atom. The van der Waals surface area contributed by atoms with Gasteiger partial charge < -0.3 is 9.84 Å². The van der Waals surface area contributed by atoms with Crippen LogP contribution in [0.25, 0.3) is 0 Å². The van der Waals surface area contributed by atoms with Crippen molar-refractivity contribution < 1.29 is 14.6 Å². The quantitative estimate of drug-likeness (QED) is 0.215. The maximum absolute atomic E-state index is 12.0. The number of rotatable bonds is 9. The molecule has 3 nitrogen and oxygen atoms in total. The van der Waals surface area contributed by atoms with E-state index < -0.39 is 5.97 Å². The van der Waals surface area contributed by atoms with Gasteiger partial charge in [0.15, 0.2) is 0 Å². The van der Waals surface area contributed by atoms with E-state index in [1.54, 1.807) is 0 Å². The number of unbranched alkanes of at least 4 members (excludes halogenated alkanes) is 5. The number of benzene rings is 1. The molecule has 1 aromatic carbocycles. The number of hydrogen-bond donors (Lipinski definition) is 1. The fourth-order valence-corrected chi connectivity index (χ4v) is 3.64. The van der Waals surface area contributed by atoms with Gasteiger partial charge in [-0.1, -0.05) is 87.1 Å². The topological polar surface area (TPSA) is 46.5 Å². The second-order valence-corrected chi connectivity index (χ2v) is 9.77.